The van der Waals surface area contributed by atoms with E-state index in [1.54, 1.807) is 12.3 Å². The molecule has 0 aromatic carbocycles. The average molecular weight is 195 g/mol. The molecule has 0 spiro atoms. The van der Waals surface area contributed by atoms with E-state index in [2.05, 4.69) is 4.98 Å². The maximum Gasteiger partial charge on any atom is 0.151 e. The summed E-state index contributed by atoms with van der Waals surface area (Å²) in [6, 6.07) is 1.64. The lowest BCUT2D eigenvalue weighted by Crippen LogP contribution is -2.06. The predicted molar refractivity (Wildman–Crippen MR) is 51.6 cm³/mol. The second kappa shape index (κ2) is 6.10. The van der Waals surface area contributed by atoms with E-state index in [0.717, 1.165) is 6.29 Å². The molecule has 4 nitrogen and oxygen atoms in total. The third-order valence-electron chi connectivity index (χ3n) is 1.57. The van der Waals surface area contributed by atoms with Crippen molar-refractivity contribution in [1.82, 2.24) is 4.98 Å². The van der Waals surface area contributed by atoms with E-state index < -0.39 is 0 Å². The molecule has 0 fully saturated rings. The van der Waals surface area contributed by atoms with Crippen molar-refractivity contribution in [2.75, 3.05) is 19.8 Å². The van der Waals surface area contributed by atoms with Crippen LogP contribution in [0.1, 0.15) is 17.3 Å². The molecule has 0 N–H and O–H groups in total. The molecule has 4 heteroatoms. The highest BCUT2D eigenvalue weighted by atomic mass is 16.5. The van der Waals surface area contributed by atoms with Crippen LogP contribution in [0.2, 0.25) is 0 Å². The van der Waals surface area contributed by atoms with Crippen LogP contribution in [0.5, 0.6) is 5.75 Å². The summed E-state index contributed by atoms with van der Waals surface area (Å²) in [7, 11) is 0. The van der Waals surface area contributed by atoms with E-state index in [1.165, 1.54) is 6.20 Å². The number of hydrogen-bond donors (Lipinski definition) is 0. The van der Waals surface area contributed by atoms with Gasteiger partial charge in [0, 0.05) is 18.4 Å². The fourth-order valence-corrected chi connectivity index (χ4v) is 0.942. The number of carbonyl (C=O) groups is 1. The zero-order valence-corrected chi connectivity index (χ0v) is 8.10. The van der Waals surface area contributed by atoms with Gasteiger partial charge in [-0.2, -0.15) is 0 Å². The smallest absolute Gasteiger partial charge is 0.151 e. The lowest BCUT2D eigenvalue weighted by molar-refractivity contribution is 0.109. The van der Waals surface area contributed by atoms with Gasteiger partial charge in [-0.25, -0.2) is 0 Å². The molecule has 1 rings (SSSR count). The molecule has 0 saturated carbocycles. The molecule has 0 amide bonds. The first-order chi connectivity index (χ1) is 6.86. The number of rotatable bonds is 6. The monoisotopic (exact) mass is 195 g/mol. The van der Waals surface area contributed by atoms with Gasteiger partial charge in [-0.3, -0.25) is 9.78 Å². The van der Waals surface area contributed by atoms with Crippen LogP contribution in [0.15, 0.2) is 18.5 Å². The van der Waals surface area contributed by atoms with Crippen molar-refractivity contribution < 1.29 is 14.3 Å². The van der Waals surface area contributed by atoms with E-state index in [9.17, 15) is 4.79 Å². The first-order valence-electron chi connectivity index (χ1n) is 4.47. The van der Waals surface area contributed by atoms with Crippen molar-refractivity contribution in [2.24, 2.45) is 0 Å². The molecular formula is C10H13NO3. The highest BCUT2D eigenvalue weighted by Gasteiger charge is 1.96. The Balaban J connectivity index is 2.38. The summed E-state index contributed by atoms with van der Waals surface area (Å²) in [4.78, 5) is 14.3. The molecule has 1 aromatic heterocycles. The molecule has 0 unspecified atom stereocenters. The van der Waals surface area contributed by atoms with Crippen molar-refractivity contribution in [3.05, 3.63) is 24.0 Å². The lowest BCUT2D eigenvalue weighted by Gasteiger charge is -2.05. The first kappa shape index (κ1) is 10.7. The van der Waals surface area contributed by atoms with Crippen molar-refractivity contribution in [3.63, 3.8) is 0 Å². The number of aldehydes is 1. The number of nitrogens with zero attached hydrogens (tertiary/aromatic N) is 1. The normalized spacial score (nSPS) is 9.79. The van der Waals surface area contributed by atoms with Crippen molar-refractivity contribution >= 4 is 6.29 Å². The maximum absolute atomic E-state index is 10.4. The van der Waals surface area contributed by atoms with Crippen LogP contribution in [0.25, 0.3) is 0 Å². The molecule has 0 aliphatic heterocycles. The van der Waals surface area contributed by atoms with Gasteiger partial charge in [0.25, 0.3) is 0 Å². The van der Waals surface area contributed by atoms with E-state index in [-0.39, 0.29) is 0 Å². The lowest BCUT2D eigenvalue weighted by atomic mass is 10.3. The first-order valence-corrected chi connectivity index (χ1v) is 4.47. The Hall–Kier alpha value is -1.42. The zero-order valence-electron chi connectivity index (χ0n) is 8.10. The van der Waals surface area contributed by atoms with Crippen LogP contribution >= 0.6 is 0 Å². The van der Waals surface area contributed by atoms with Gasteiger partial charge in [-0.15, -0.1) is 0 Å². The quantitative estimate of drug-likeness (QED) is 0.507. The fraction of sp³-hybridized carbons (Fsp3) is 0.400. The number of pyridine rings is 1. The molecule has 0 atom stereocenters. The Kier molecular flexibility index (Phi) is 4.64. The second-order valence-corrected chi connectivity index (χ2v) is 2.62. The van der Waals surface area contributed by atoms with E-state index in [0.29, 0.717) is 31.1 Å². The van der Waals surface area contributed by atoms with Gasteiger partial charge in [0.05, 0.1) is 12.8 Å². The minimum atomic E-state index is 0.470. The molecule has 0 saturated heterocycles. The number of carbonyl (C=O) groups excluding carboxylic acids is 1. The molecule has 1 aromatic rings. The van der Waals surface area contributed by atoms with Crippen LogP contribution in [0.4, 0.5) is 0 Å². The largest absolute Gasteiger partial charge is 0.490 e. The standard InChI is InChI=1S/C10H13NO3/c1-2-13-3-4-14-10-5-9(8-12)6-11-7-10/h5-8H,2-4H2,1H3. The topological polar surface area (TPSA) is 48.4 Å². The van der Waals surface area contributed by atoms with Gasteiger partial charge in [0.1, 0.15) is 12.4 Å². The summed E-state index contributed by atoms with van der Waals surface area (Å²) in [6.07, 6.45) is 3.80. The Morgan fingerprint density at radius 3 is 3.00 bits per heavy atom. The fourth-order valence-electron chi connectivity index (χ4n) is 0.942. The second-order valence-electron chi connectivity index (χ2n) is 2.62. The third kappa shape index (κ3) is 3.53. The van der Waals surface area contributed by atoms with Gasteiger partial charge in [-0.05, 0) is 13.0 Å². The molecule has 0 aliphatic rings. The van der Waals surface area contributed by atoms with E-state index >= 15 is 0 Å². The summed E-state index contributed by atoms with van der Waals surface area (Å²) in [5, 5.41) is 0. The minimum absolute atomic E-state index is 0.470. The number of ether oxygens (including phenoxy) is 2. The zero-order chi connectivity index (χ0) is 10.2. The molecule has 0 aliphatic carbocycles. The van der Waals surface area contributed by atoms with Crippen molar-refractivity contribution in [1.29, 1.82) is 0 Å². The van der Waals surface area contributed by atoms with Crippen LogP contribution in [-0.2, 0) is 4.74 Å². The summed E-state index contributed by atoms with van der Waals surface area (Å²) in [6.45, 7) is 3.62. The molecule has 14 heavy (non-hydrogen) atoms. The average Bonchev–Trinajstić information content (AvgIpc) is 2.25. The van der Waals surface area contributed by atoms with E-state index in [4.69, 9.17) is 9.47 Å². The Labute approximate surface area is 82.9 Å². The Morgan fingerprint density at radius 1 is 1.43 bits per heavy atom. The Morgan fingerprint density at radius 2 is 2.29 bits per heavy atom. The van der Waals surface area contributed by atoms with Gasteiger partial charge >= 0.3 is 0 Å². The highest BCUT2D eigenvalue weighted by molar-refractivity contribution is 5.74. The third-order valence-corrected chi connectivity index (χ3v) is 1.57. The van der Waals surface area contributed by atoms with Crippen molar-refractivity contribution in [2.45, 2.75) is 6.92 Å². The van der Waals surface area contributed by atoms with Crippen LogP contribution in [0, 0.1) is 0 Å². The maximum atomic E-state index is 10.4. The number of hydrogen-bond acceptors (Lipinski definition) is 4. The number of aromatic nitrogens is 1. The SMILES string of the molecule is CCOCCOc1cncc(C=O)c1. The highest BCUT2D eigenvalue weighted by Crippen LogP contribution is 2.09. The van der Waals surface area contributed by atoms with Gasteiger partial charge in [0.15, 0.2) is 6.29 Å². The van der Waals surface area contributed by atoms with Gasteiger partial charge < -0.3 is 9.47 Å². The van der Waals surface area contributed by atoms with Crippen LogP contribution in [-0.4, -0.2) is 31.1 Å². The molecule has 0 radical (unpaired) electrons. The predicted octanol–water partition coefficient (Wildman–Crippen LogP) is 1.31. The molecule has 76 valence electrons. The van der Waals surface area contributed by atoms with Gasteiger partial charge in [0.2, 0.25) is 0 Å². The molecule has 0 bridgehead atoms. The van der Waals surface area contributed by atoms with Crippen LogP contribution in [0.3, 0.4) is 0 Å². The van der Waals surface area contributed by atoms with Crippen LogP contribution < -0.4 is 4.74 Å². The summed E-state index contributed by atoms with van der Waals surface area (Å²) < 4.78 is 10.4. The summed E-state index contributed by atoms with van der Waals surface area (Å²) in [5.74, 6) is 0.592. The van der Waals surface area contributed by atoms with Crippen molar-refractivity contribution in [3.8, 4) is 5.75 Å². The van der Waals surface area contributed by atoms with E-state index in [1.807, 2.05) is 6.92 Å². The molecule has 1 heterocycles. The summed E-state index contributed by atoms with van der Waals surface area (Å²) >= 11 is 0. The molecular weight excluding hydrogens is 182 g/mol. The Bertz CT molecular complexity index is 288. The van der Waals surface area contributed by atoms with Gasteiger partial charge in [-0.1, -0.05) is 0 Å². The summed E-state index contributed by atoms with van der Waals surface area (Å²) in [5.41, 5.74) is 0.513. The minimum Gasteiger partial charge on any atom is -0.490 e.